The molecule has 5 heterocycles. The summed E-state index contributed by atoms with van der Waals surface area (Å²) in [6, 6.07) is 4.30. The second kappa shape index (κ2) is 8.52. The molecule has 3 fully saturated rings. The molecular weight excluding hydrogens is 470 g/mol. The maximum absolute atomic E-state index is 13.1. The molecule has 1 aromatic heterocycles. The lowest BCUT2D eigenvalue weighted by molar-refractivity contribution is -0.151. The third-order valence-electron chi connectivity index (χ3n) is 7.11. The van der Waals surface area contributed by atoms with Gasteiger partial charge in [-0.1, -0.05) is 5.21 Å². The van der Waals surface area contributed by atoms with Gasteiger partial charge in [0.05, 0.1) is 24.5 Å². The normalized spacial score (nSPS) is 24.1. The van der Waals surface area contributed by atoms with Crippen LogP contribution in [-0.2, 0) is 25.7 Å². The molecule has 2 aromatic rings. The smallest absolute Gasteiger partial charge is 0.276 e. The molecule has 6 rings (SSSR count). The summed E-state index contributed by atoms with van der Waals surface area (Å²) in [5.74, 6) is -1.39. The summed E-state index contributed by atoms with van der Waals surface area (Å²) >= 11 is 0. The molecular formula is C23H23N7O6. The number of hydrogen-bond donors (Lipinski definition) is 1. The first kappa shape index (κ1) is 22.3. The Morgan fingerprint density at radius 2 is 1.97 bits per heavy atom. The average molecular weight is 493 g/mol. The summed E-state index contributed by atoms with van der Waals surface area (Å²) in [6.07, 6.45) is 2.02. The van der Waals surface area contributed by atoms with Gasteiger partial charge in [-0.2, -0.15) is 0 Å². The first-order valence-corrected chi connectivity index (χ1v) is 11.8. The molecule has 0 bridgehead atoms. The number of ether oxygens (including phenoxy) is 1. The van der Waals surface area contributed by atoms with Gasteiger partial charge in [0.25, 0.3) is 11.8 Å². The Balaban J connectivity index is 1.17. The van der Waals surface area contributed by atoms with Gasteiger partial charge >= 0.3 is 0 Å². The van der Waals surface area contributed by atoms with E-state index in [0.29, 0.717) is 43.9 Å². The predicted molar refractivity (Wildman–Crippen MR) is 120 cm³/mol. The zero-order chi connectivity index (χ0) is 25.0. The Labute approximate surface area is 204 Å². The van der Waals surface area contributed by atoms with Gasteiger partial charge < -0.3 is 19.4 Å². The second-order valence-electron chi connectivity index (χ2n) is 9.30. The molecule has 13 heteroatoms. The third-order valence-corrected chi connectivity index (χ3v) is 7.11. The molecule has 186 valence electrons. The lowest BCUT2D eigenvalue weighted by Gasteiger charge is -2.43. The van der Waals surface area contributed by atoms with Gasteiger partial charge in [0.1, 0.15) is 12.6 Å². The van der Waals surface area contributed by atoms with Gasteiger partial charge in [-0.3, -0.25) is 29.3 Å². The van der Waals surface area contributed by atoms with Crippen LogP contribution >= 0.6 is 0 Å². The maximum atomic E-state index is 13.1. The van der Waals surface area contributed by atoms with E-state index < -0.39 is 11.9 Å². The van der Waals surface area contributed by atoms with Crippen LogP contribution in [0.15, 0.2) is 24.4 Å². The Kier molecular flexibility index (Phi) is 5.29. The topological polar surface area (TPSA) is 147 Å². The number of carbonyl (C=O) groups is 5. The summed E-state index contributed by atoms with van der Waals surface area (Å²) in [6.45, 7) is 1.94. The lowest BCUT2D eigenvalue weighted by atomic mass is 10.0. The summed E-state index contributed by atoms with van der Waals surface area (Å²) in [7, 11) is 0. The number of rotatable bonds is 3. The van der Waals surface area contributed by atoms with Crippen LogP contribution in [0.3, 0.4) is 0 Å². The van der Waals surface area contributed by atoms with Crippen LogP contribution in [0.4, 0.5) is 0 Å². The number of benzene rings is 1. The average Bonchev–Trinajstić information content (AvgIpc) is 3.49. The molecule has 5 amide bonds. The molecule has 2 unspecified atom stereocenters. The number of hydrogen-bond acceptors (Lipinski definition) is 8. The van der Waals surface area contributed by atoms with Crippen molar-refractivity contribution in [2.45, 2.75) is 31.5 Å². The zero-order valence-corrected chi connectivity index (χ0v) is 19.3. The number of amides is 5. The summed E-state index contributed by atoms with van der Waals surface area (Å²) in [5.41, 5.74) is 2.01. The van der Waals surface area contributed by atoms with Crippen molar-refractivity contribution in [3.05, 3.63) is 41.2 Å². The number of imide groups is 1. The summed E-state index contributed by atoms with van der Waals surface area (Å²) in [5, 5.41) is 10.4. The number of carbonyl (C=O) groups excluding carboxylic acids is 5. The van der Waals surface area contributed by atoms with E-state index >= 15 is 0 Å². The molecule has 0 aliphatic carbocycles. The van der Waals surface area contributed by atoms with Crippen LogP contribution in [0.2, 0.25) is 0 Å². The quantitative estimate of drug-likeness (QED) is 0.520. The Hall–Kier alpha value is -4.13. The van der Waals surface area contributed by atoms with E-state index in [0.717, 1.165) is 5.56 Å². The van der Waals surface area contributed by atoms with E-state index in [-0.39, 0.29) is 54.9 Å². The van der Waals surface area contributed by atoms with Crippen LogP contribution < -0.4 is 5.32 Å². The highest BCUT2D eigenvalue weighted by Crippen LogP contribution is 2.29. The SMILES string of the molecule is O=C1CCC(N2Cc3cc(-n4cc(C(=O)N5CCN6C(=O)COCC6C5)nn4)ccc3C2=O)C(=O)N1. The number of morpholine rings is 1. The fourth-order valence-corrected chi connectivity index (χ4v) is 5.23. The molecule has 4 aliphatic heterocycles. The molecule has 2 atom stereocenters. The van der Waals surface area contributed by atoms with Crippen molar-refractivity contribution >= 4 is 29.5 Å². The van der Waals surface area contributed by atoms with E-state index in [2.05, 4.69) is 15.6 Å². The van der Waals surface area contributed by atoms with Crippen molar-refractivity contribution in [2.75, 3.05) is 32.8 Å². The maximum Gasteiger partial charge on any atom is 0.276 e. The van der Waals surface area contributed by atoms with E-state index in [4.69, 9.17) is 4.74 Å². The Morgan fingerprint density at radius 3 is 2.81 bits per heavy atom. The molecule has 1 aromatic carbocycles. The summed E-state index contributed by atoms with van der Waals surface area (Å²) < 4.78 is 6.79. The molecule has 0 saturated carbocycles. The standard InChI is InChI=1S/C23H23N7O6/c31-19-4-3-18(21(33)24-19)29-8-13-7-14(1-2-16(13)22(29)34)30-10-17(25-26-30)23(35)27-5-6-28-15(9-27)11-36-12-20(28)32/h1-2,7,10,15,18H,3-6,8-9,11-12H2,(H,24,31,33). The fraction of sp³-hybridized carbons (Fsp3) is 0.435. The van der Waals surface area contributed by atoms with Gasteiger partial charge in [-0.05, 0) is 30.2 Å². The number of aromatic nitrogens is 3. The molecule has 0 spiro atoms. The van der Waals surface area contributed by atoms with Crippen molar-refractivity contribution in [1.29, 1.82) is 0 Å². The van der Waals surface area contributed by atoms with E-state index in [1.165, 1.54) is 15.8 Å². The number of nitrogens with zero attached hydrogens (tertiary/aromatic N) is 6. The van der Waals surface area contributed by atoms with Crippen molar-refractivity contribution in [2.24, 2.45) is 0 Å². The second-order valence-corrected chi connectivity index (χ2v) is 9.30. The largest absolute Gasteiger partial charge is 0.369 e. The first-order valence-electron chi connectivity index (χ1n) is 11.8. The molecule has 13 nitrogen and oxygen atoms in total. The molecule has 0 radical (unpaired) electrons. The van der Waals surface area contributed by atoms with Crippen LogP contribution in [0.1, 0.15) is 39.3 Å². The predicted octanol–water partition coefficient (Wildman–Crippen LogP) is -1.29. The van der Waals surface area contributed by atoms with Crippen LogP contribution in [0, 0.1) is 0 Å². The molecule has 1 N–H and O–H groups in total. The Bertz CT molecular complexity index is 1310. The van der Waals surface area contributed by atoms with Crippen LogP contribution in [0.5, 0.6) is 0 Å². The van der Waals surface area contributed by atoms with Gasteiger partial charge in [0.2, 0.25) is 17.7 Å². The van der Waals surface area contributed by atoms with Crippen molar-refractivity contribution < 1.29 is 28.7 Å². The minimum atomic E-state index is -0.688. The highest BCUT2D eigenvalue weighted by molar-refractivity contribution is 6.05. The fourth-order valence-electron chi connectivity index (χ4n) is 5.23. The van der Waals surface area contributed by atoms with E-state index in [1.54, 1.807) is 28.0 Å². The molecule has 36 heavy (non-hydrogen) atoms. The first-order chi connectivity index (χ1) is 17.4. The number of piperidine rings is 1. The van der Waals surface area contributed by atoms with Gasteiger partial charge in [0, 0.05) is 38.2 Å². The highest BCUT2D eigenvalue weighted by atomic mass is 16.5. The van der Waals surface area contributed by atoms with Crippen molar-refractivity contribution in [1.82, 2.24) is 35.0 Å². The van der Waals surface area contributed by atoms with Gasteiger partial charge in [-0.15, -0.1) is 5.10 Å². The van der Waals surface area contributed by atoms with Crippen molar-refractivity contribution in [3.8, 4) is 5.69 Å². The molecule has 4 aliphatic rings. The minimum Gasteiger partial charge on any atom is -0.369 e. The molecule has 3 saturated heterocycles. The number of piperazine rings is 1. The third kappa shape index (κ3) is 3.71. The van der Waals surface area contributed by atoms with Crippen LogP contribution in [-0.4, -0.2) is 104 Å². The van der Waals surface area contributed by atoms with Gasteiger partial charge in [-0.25, -0.2) is 4.68 Å². The minimum absolute atomic E-state index is 0.0597. The van der Waals surface area contributed by atoms with Crippen molar-refractivity contribution in [3.63, 3.8) is 0 Å². The lowest BCUT2D eigenvalue weighted by Crippen LogP contribution is -2.61. The number of fused-ring (bicyclic) bond motifs is 2. The number of nitrogens with one attached hydrogen (secondary N) is 1. The van der Waals surface area contributed by atoms with Gasteiger partial charge in [0.15, 0.2) is 5.69 Å². The Morgan fingerprint density at radius 1 is 1.11 bits per heavy atom. The monoisotopic (exact) mass is 493 g/mol. The highest BCUT2D eigenvalue weighted by Gasteiger charge is 2.39. The van der Waals surface area contributed by atoms with E-state index in [1.807, 2.05) is 0 Å². The van der Waals surface area contributed by atoms with E-state index in [9.17, 15) is 24.0 Å². The zero-order valence-electron chi connectivity index (χ0n) is 19.3. The van der Waals surface area contributed by atoms with Crippen LogP contribution in [0.25, 0.3) is 5.69 Å². The summed E-state index contributed by atoms with van der Waals surface area (Å²) in [4.78, 5) is 66.6.